The van der Waals surface area contributed by atoms with Gasteiger partial charge in [-0.1, -0.05) is 13.8 Å². The third kappa shape index (κ3) is 4.57. The summed E-state index contributed by atoms with van der Waals surface area (Å²) in [6.45, 7) is 7.63. The minimum atomic E-state index is -0.407. The van der Waals surface area contributed by atoms with E-state index in [1.807, 2.05) is 6.92 Å². The Labute approximate surface area is 107 Å². The van der Waals surface area contributed by atoms with Gasteiger partial charge >= 0.3 is 0 Å². The Hall–Kier alpha value is -1.85. The van der Waals surface area contributed by atoms with Crippen molar-refractivity contribution in [1.82, 2.24) is 4.98 Å². The summed E-state index contributed by atoms with van der Waals surface area (Å²) in [7, 11) is 0. The van der Waals surface area contributed by atoms with E-state index in [2.05, 4.69) is 29.5 Å². The van der Waals surface area contributed by atoms with Gasteiger partial charge in [-0.3, -0.25) is 10.1 Å². The molecule has 2 N–H and O–H groups in total. The van der Waals surface area contributed by atoms with Crippen LogP contribution in [0.5, 0.6) is 0 Å². The molecule has 6 heteroatoms. The first kappa shape index (κ1) is 14.2. The molecule has 0 fully saturated rings. The number of anilines is 2. The van der Waals surface area contributed by atoms with Gasteiger partial charge in [-0.25, -0.2) is 4.98 Å². The van der Waals surface area contributed by atoms with E-state index in [9.17, 15) is 10.1 Å². The second-order valence-electron chi connectivity index (χ2n) is 4.49. The lowest BCUT2D eigenvalue weighted by Crippen LogP contribution is -2.08. The van der Waals surface area contributed by atoms with Crippen LogP contribution in [-0.2, 0) is 0 Å². The van der Waals surface area contributed by atoms with Gasteiger partial charge in [0.05, 0.1) is 17.1 Å². The molecule has 0 aliphatic carbocycles. The van der Waals surface area contributed by atoms with Crippen LogP contribution < -0.4 is 10.6 Å². The van der Waals surface area contributed by atoms with Crippen LogP contribution in [0.3, 0.4) is 0 Å². The lowest BCUT2D eigenvalue weighted by atomic mass is 10.1. The summed E-state index contributed by atoms with van der Waals surface area (Å²) < 4.78 is 0. The quantitative estimate of drug-likeness (QED) is 0.576. The Balaban J connectivity index is 2.79. The molecule has 0 aliphatic rings. The highest BCUT2D eigenvalue weighted by molar-refractivity contribution is 5.54. The second kappa shape index (κ2) is 6.78. The molecule has 0 aliphatic heterocycles. The SMILES string of the molecule is CCNc1cc([N+](=O)[O-])cc(NCCC(C)C)n1. The van der Waals surface area contributed by atoms with Gasteiger partial charge in [-0.05, 0) is 19.3 Å². The normalized spacial score (nSPS) is 10.4. The van der Waals surface area contributed by atoms with Crippen molar-refractivity contribution in [3.63, 3.8) is 0 Å². The van der Waals surface area contributed by atoms with E-state index in [1.54, 1.807) is 0 Å². The zero-order chi connectivity index (χ0) is 13.5. The standard InChI is InChI=1S/C12H20N4O2/c1-4-13-11-7-10(16(17)18)8-12(15-11)14-6-5-9(2)3/h7-9H,4-6H2,1-3H3,(H2,13,14,15). The van der Waals surface area contributed by atoms with Crippen LogP contribution in [0.1, 0.15) is 27.2 Å². The average Bonchev–Trinajstić information content (AvgIpc) is 2.28. The molecule has 1 rings (SSSR count). The fourth-order valence-electron chi connectivity index (χ4n) is 1.47. The number of rotatable bonds is 7. The van der Waals surface area contributed by atoms with Crippen molar-refractivity contribution in [2.24, 2.45) is 5.92 Å². The molecule has 1 heterocycles. The maximum absolute atomic E-state index is 10.8. The molecule has 1 aromatic rings. The fraction of sp³-hybridized carbons (Fsp3) is 0.583. The zero-order valence-corrected chi connectivity index (χ0v) is 11.1. The molecule has 0 aromatic carbocycles. The fourth-order valence-corrected chi connectivity index (χ4v) is 1.47. The maximum Gasteiger partial charge on any atom is 0.276 e. The van der Waals surface area contributed by atoms with Gasteiger partial charge in [0.25, 0.3) is 5.69 Å². The first-order valence-electron chi connectivity index (χ1n) is 6.17. The first-order valence-corrected chi connectivity index (χ1v) is 6.17. The van der Waals surface area contributed by atoms with Crippen LogP contribution >= 0.6 is 0 Å². The highest BCUT2D eigenvalue weighted by atomic mass is 16.6. The topological polar surface area (TPSA) is 80.1 Å². The molecular weight excluding hydrogens is 232 g/mol. The first-order chi connectivity index (χ1) is 8.52. The summed E-state index contributed by atoms with van der Waals surface area (Å²) in [6.07, 6.45) is 1.00. The molecule has 100 valence electrons. The molecule has 0 saturated heterocycles. The number of pyridine rings is 1. The largest absolute Gasteiger partial charge is 0.370 e. The number of nitrogens with one attached hydrogen (secondary N) is 2. The number of hydrogen-bond acceptors (Lipinski definition) is 5. The summed E-state index contributed by atoms with van der Waals surface area (Å²) in [5.74, 6) is 1.66. The van der Waals surface area contributed by atoms with E-state index in [0.717, 1.165) is 13.0 Å². The van der Waals surface area contributed by atoms with Crippen LogP contribution in [0, 0.1) is 16.0 Å². The molecule has 18 heavy (non-hydrogen) atoms. The minimum Gasteiger partial charge on any atom is -0.370 e. The Morgan fingerprint density at radius 2 is 1.94 bits per heavy atom. The van der Waals surface area contributed by atoms with Crippen molar-refractivity contribution in [2.45, 2.75) is 27.2 Å². The van der Waals surface area contributed by atoms with Crippen molar-refractivity contribution in [3.8, 4) is 0 Å². The van der Waals surface area contributed by atoms with Crippen LogP contribution in [0.4, 0.5) is 17.3 Å². The van der Waals surface area contributed by atoms with E-state index in [4.69, 9.17) is 0 Å². The van der Waals surface area contributed by atoms with Crippen molar-refractivity contribution in [3.05, 3.63) is 22.2 Å². The van der Waals surface area contributed by atoms with E-state index in [-0.39, 0.29) is 5.69 Å². The van der Waals surface area contributed by atoms with E-state index in [0.29, 0.717) is 24.1 Å². The van der Waals surface area contributed by atoms with Gasteiger partial charge in [0.2, 0.25) is 0 Å². The molecule has 0 unspecified atom stereocenters. The molecule has 0 amide bonds. The van der Waals surface area contributed by atoms with Crippen LogP contribution in [0.2, 0.25) is 0 Å². The molecular formula is C12H20N4O2. The minimum absolute atomic E-state index is 0.0491. The molecule has 0 atom stereocenters. The van der Waals surface area contributed by atoms with Crippen molar-refractivity contribution < 1.29 is 4.92 Å². The monoisotopic (exact) mass is 252 g/mol. The molecule has 1 aromatic heterocycles. The van der Waals surface area contributed by atoms with Gasteiger partial charge in [0, 0.05) is 13.1 Å². The van der Waals surface area contributed by atoms with Gasteiger partial charge in [-0.15, -0.1) is 0 Å². The molecule has 0 spiro atoms. The van der Waals surface area contributed by atoms with Gasteiger partial charge in [-0.2, -0.15) is 0 Å². The Morgan fingerprint density at radius 1 is 1.33 bits per heavy atom. The number of nitrogens with zero attached hydrogens (tertiary/aromatic N) is 2. The van der Waals surface area contributed by atoms with Crippen LogP contribution in [0.25, 0.3) is 0 Å². The highest BCUT2D eigenvalue weighted by Crippen LogP contribution is 2.20. The Bertz CT molecular complexity index is 407. The zero-order valence-electron chi connectivity index (χ0n) is 11.1. The second-order valence-corrected chi connectivity index (χ2v) is 4.49. The lowest BCUT2D eigenvalue weighted by molar-refractivity contribution is -0.384. The molecule has 0 saturated carbocycles. The Kier molecular flexibility index (Phi) is 5.35. The van der Waals surface area contributed by atoms with Gasteiger partial charge in [0.15, 0.2) is 0 Å². The Morgan fingerprint density at radius 3 is 2.44 bits per heavy atom. The third-order valence-electron chi connectivity index (χ3n) is 2.41. The molecule has 0 radical (unpaired) electrons. The summed E-state index contributed by atoms with van der Waals surface area (Å²) in [5.41, 5.74) is 0.0491. The summed E-state index contributed by atoms with van der Waals surface area (Å²) in [4.78, 5) is 14.7. The smallest absolute Gasteiger partial charge is 0.276 e. The van der Waals surface area contributed by atoms with Gasteiger partial charge < -0.3 is 10.6 Å². The number of nitro groups is 1. The summed E-state index contributed by atoms with van der Waals surface area (Å²) >= 11 is 0. The van der Waals surface area contributed by atoms with Crippen molar-refractivity contribution in [1.29, 1.82) is 0 Å². The van der Waals surface area contributed by atoms with Crippen LogP contribution in [-0.4, -0.2) is 23.0 Å². The van der Waals surface area contributed by atoms with E-state index < -0.39 is 4.92 Å². The third-order valence-corrected chi connectivity index (χ3v) is 2.41. The molecule has 0 bridgehead atoms. The predicted molar refractivity (Wildman–Crippen MR) is 73.0 cm³/mol. The van der Waals surface area contributed by atoms with Crippen LogP contribution in [0.15, 0.2) is 12.1 Å². The van der Waals surface area contributed by atoms with Crippen molar-refractivity contribution in [2.75, 3.05) is 23.7 Å². The molecule has 6 nitrogen and oxygen atoms in total. The van der Waals surface area contributed by atoms with E-state index >= 15 is 0 Å². The lowest BCUT2D eigenvalue weighted by Gasteiger charge is -2.09. The van der Waals surface area contributed by atoms with Crippen molar-refractivity contribution >= 4 is 17.3 Å². The number of hydrogen-bond donors (Lipinski definition) is 2. The maximum atomic E-state index is 10.8. The van der Waals surface area contributed by atoms with Gasteiger partial charge in [0.1, 0.15) is 11.6 Å². The summed E-state index contributed by atoms with van der Waals surface area (Å²) in [6, 6.07) is 2.90. The summed E-state index contributed by atoms with van der Waals surface area (Å²) in [5, 5.41) is 16.9. The highest BCUT2D eigenvalue weighted by Gasteiger charge is 2.10. The number of aromatic nitrogens is 1. The predicted octanol–water partition coefficient (Wildman–Crippen LogP) is 2.88. The average molecular weight is 252 g/mol. The van der Waals surface area contributed by atoms with E-state index in [1.165, 1.54) is 12.1 Å².